The SMILES string of the molecule is C.C.C.C.C.C.C.C.C.C.C.C.C.C.C.C.C.C.[Cr].[Cr].[Cr].[Cr].[Cr].[Cr].[Cr].[Cr].[Cr].[Cr].[Cr].[Cr].[Cr].[Cr].[Cr].[Cr].[Cr].[Cr].[Mn].[Mn].[Mn].[Mn].[Mn].[Mn].[Mn].[Mn].[Mn].[Mn].[Mn].[Mn].[Mn].[Mn].[Mn].[Mn].[Mn].[Mn].[Mn].[Mn].[Mn].[Mn].[Mn].[Ni].[Ni].[Ni].[Ni].[Ni].[Ni].[Ni].[Ni].[Ni].[Ni].[Ni].[Ni].[Ni].[Ni].[Ni].[Ni].[Ni].[Ni]. The molecule has 0 fully saturated rings. The first-order chi connectivity index (χ1) is 0. The van der Waals surface area contributed by atoms with E-state index >= 15 is 0 Å². The Kier molecular flexibility index (Phi) is 21800. The molecule has 59 heteroatoms. The molecule has 0 saturated heterocycles. The van der Waals surface area contributed by atoms with Gasteiger partial charge in [0.05, 0.1) is 0 Å². The van der Waals surface area contributed by atoms with Crippen molar-refractivity contribution in [3.63, 3.8) is 0 Å². The maximum absolute atomic E-state index is 0. The van der Waals surface area contributed by atoms with Crippen LogP contribution in [0.3, 0.4) is 0 Å². The third kappa shape index (κ3) is 1250. The van der Waals surface area contributed by atoms with Gasteiger partial charge in [-0.15, -0.1) is 0 Å². The van der Waals surface area contributed by atoms with Crippen molar-refractivity contribution < 1.29 is 1000 Å². The molecular weight excluding hydrogens is 3470 g/mol. The molecule has 0 aromatic heterocycles. The number of rotatable bonds is 0. The Labute approximate surface area is 1110 Å². The van der Waals surface area contributed by atoms with Crippen molar-refractivity contribution >= 4 is 0 Å². The molecule has 0 amide bonds. The van der Waals surface area contributed by atoms with Gasteiger partial charge in [-0.3, -0.25) is 0 Å². The Bertz CT molecular complexity index is 153. The third-order valence-electron chi connectivity index (χ3n) is 0. The summed E-state index contributed by atoms with van der Waals surface area (Å²) in [4.78, 5) is 0. The summed E-state index contributed by atoms with van der Waals surface area (Å²) in [6, 6.07) is 0. The Morgan fingerprint density at radius 3 is 0.0519 bits per heavy atom. The zero-order valence-corrected chi connectivity index (χ0v) is 89.6. The first-order valence-electron chi connectivity index (χ1n) is 0. The third-order valence-corrected chi connectivity index (χ3v) is 0. The van der Waals surface area contributed by atoms with E-state index in [2.05, 4.69) is 0 Å². The fraction of sp³-hybridized carbons (Fsp3) is 1.00. The van der Waals surface area contributed by atoms with Crippen LogP contribution in [0.1, 0.15) is 134 Å². The molecule has 0 spiro atoms. The van der Waals surface area contributed by atoms with Gasteiger partial charge in [-0.1, -0.05) is 134 Å². The van der Waals surface area contributed by atoms with Crippen LogP contribution in [0.2, 0.25) is 0 Å². The molecule has 593 valence electrons. The largest absolute Gasteiger partial charge is 0.0776 e. The van der Waals surface area contributed by atoms with Crippen LogP contribution < -0.4 is 0 Å². The van der Waals surface area contributed by atoms with E-state index in [1.54, 1.807) is 0 Å². The molecule has 0 aliphatic carbocycles. The van der Waals surface area contributed by atoms with Gasteiger partial charge in [-0.25, -0.2) is 0 Å². The molecule has 23 radical (unpaired) electrons. The van der Waals surface area contributed by atoms with Gasteiger partial charge in [0.25, 0.3) is 0 Å². The van der Waals surface area contributed by atoms with E-state index < -0.39 is 0 Å². The van der Waals surface area contributed by atoms with Crippen LogP contribution >= 0.6 is 0 Å². The minimum absolute atomic E-state index is 0. The molecule has 0 aliphatic rings. The first-order valence-corrected chi connectivity index (χ1v) is 0. The van der Waals surface area contributed by atoms with Gasteiger partial charge in [0.15, 0.2) is 0 Å². The van der Waals surface area contributed by atoms with Crippen molar-refractivity contribution in [2.75, 3.05) is 0 Å². The van der Waals surface area contributed by atoms with Crippen molar-refractivity contribution in [2.45, 2.75) is 134 Å². The van der Waals surface area contributed by atoms with Crippen molar-refractivity contribution in [3.8, 4) is 0 Å². The average molecular weight is 3540 g/mol. The van der Waals surface area contributed by atoms with E-state index in [0.717, 1.165) is 0 Å². The first kappa shape index (κ1) is 1310. The van der Waals surface area contributed by atoms with E-state index in [0.29, 0.717) is 0 Å². The van der Waals surface area contributed by atoms with E-state index in [-0.39, 0.29) is 1140 Å². The van der Waals surface area contributed by atoms with Crippen LogP contribution in [-0.4, -0.2) is 0 Å². The van der Waals surface area contributed by atoms with Gasteiger partial charge in [-0.2, -0.15) is 0 Å². The van der Waals surface area contributed by atoms with Crippen molar-refractivity contribution in [1.29, 1.82) is 0 Å². The monoisotopic (exact) mass is 3530 g/mol. The Balaban J connectivity index is 0. The molecule has 0 aliphatic heterocycles. The normalized spacial score (nSPS) is 0. The standard InChI is InChI=1S/18CH4.18Cr.23Mn.18Ni/h18*1H4;;;;;;;;;;;;;;;;;;;;;;;;;;;;;;;;;;;;;;;;;;;;;;;;;;;;;;;;;;;. The van der Waals surface area contributed by atoms with E-state index in [1.807, 2.05) is 0 Å². The summed E-state index contributed by atoms with van der Waals surface area (Å²) in [6.45, 7) is 0. The second-order valence-electron chi connectivity index (χ2n) is 0. The average Bonchev–Trinajstić information content (AvgIpc) is 0. The van der Waals surface area contributed by atoms with Crippen LogP contribution in [-0.2, 0) is 1000 Å². The maximum atomic E-state index is 0. The van der Waals surface area contributed by atoms with Crippen molar-refractivity contribution in [2.24, 2.45) is 0 Å². The van der Waals surface area contributed by atoms with Crippen LogP contribution in [0.4, 0.5) is 0 Å². The topological polar surface area (TPSA) is 0 Å². The summed E-state index contributed by atoms with van der Waals surface area (Å²) in [5.41, 5.74) is 0. The van der Waals surface area contributed by atoms with E-state index in [9.17, 15) is 0 Å². The van der Waals surface area contributed by atoms with Gasteiger partial charge >= 0.3 is 0 Å². The Hall–Kier alpha value is 30.4. The molecule has 0 heterocycles. The minimum Gasteiger partial charge on any atom is -0.0776 e. The van der Waals surface area contributed by atoms with Crippen LogP contribution in [0.25, 0.3) is 0 Å². The minimum atomic E-state index is 0. The van der Waals surface area contributed by atoms with Crippen molar-refractivity contribution in [1.82, 2.24) is 0 Å². The zero-order chi connectivity index (χ0) is 0. The van der Waals surface area contributed by atoms with Crippen molar-refractivity contribution in [3.05, 3.63) is 0 Å². The maximum Gasteiger partial charge on any atom is 0 e. The molecule has 77 heavy (non-hydrogen) atoms. The fourth-order valence-corrected chi connectivity index (χ4v) is 0. The number of hydrogen-bond acceptors (Lipinski definition) is 0. The fourth-order valence-electron chi connectivity index (χ4n) is 0. The summed E-state index contributed by atoms with van der Waals surface area (Å²) in [7, 11) is 0. The molecule has 0 aromatic rings. The quantitative estimate of drug-likeness (QED) is 0.212. The van der Waals surface area contributed by atoms with Crippen LogP contribution in [0, 0.1) is 0 Å². The van der Waals surface area contributed by atoms with Crippen LogP contribution in [0.5, 0.6) is 0 Å². The molecule has 0 N–H and O–H groups in total. The van der Waals surface area contributed by atoms with Gasteiger partial charge in [0, 0.05) is 1000 Å². The molecule has 0 atom stereocenters. The summed E-state index contributed by atoms with van der Waals surface area (Å²) < 4.78 is 0. The smallest absolute Gasteiger partial charge is 0 e. The summed E-state index contributed by atoms with van der Waals surface area (Å²) in [5, 5.41) is 0. The van der Waals surface area contributed by atoms with Gasteiger partial charge < -0.3 is 0 Å². The molecular formula is C18H72Cr18Mn23Ni18. The second kappa shape index (κ2) is 1280. The molecule has 0 bridgehead atoms. The van der Waals surface area contributed by atoms with E-state index in [4.69, 9.17) is 0 Å². The van der Waals surface area contributed by atoms with Gasteiger partial charge in [0.2, 0.25) is 0 Å². The van der Waals surface area contributed by atoms with Gasteiger partial charge in [-0.05, 0) is 0 Å². The second-order valence-corrected chi connectivity index (χ2v) is 0. The molecule has 0 nitrogen and oxygen atoms in total. The summed E-state index contributed by atoms with van der Waals surface area (Å²) in [6.07, 6.45) is 0. The van der Waals surface area contributed by atoms with Crippen LogP contribution in [0.15, 0.2) is 0 Å². The van der Waals surface area contributed by atoms with Gasteiger partial charge in [0.1, 0.15) is 0 Å². The molecule has 0 saturated carbocycles. The summed E-state index contributed by atoms with van der Waals surface area (Å²) >= 11 is 0. The molecule has 0 unspecified atom stereocenters. The van der Waals surface area contributed by atoms with E-state index in [1.165, 1.54) is 0 Å². The Morgan fingerprint density at radius 1 is 0.0519 bits per heavy atom. The Morgan fingerprint density at radius 2 is 0.0519 bits per heavy atom. The molecule has 0 rings (SSSR count). The predicted molar refractivity (Wildman–Crippen MR) is 121 cm³/mol. The predicted octanol–water partition coefficient (Wildman–Crippen LogP) is 11.3. The zero-order valence-electron chi connectivity index (χ0n) is 21.7. The number of hydrogen-bond donors (Lipinski definition) is 0. The summed E-state index contributed by atoms with van der Waals surface area (Å²) in [5.74, 6) is 0. The molecule has 0 aromatic carbocycles.